The van der Waals surface area contributed by atoms with Crippen LogP contribution in [0, 0.1) is 6.92 Å². The van der Waals surface area contributed by atoms with E-state index in [1.807, 2.05) is 6.92 Å². The van der Waals surface area contributed by atoms with Crippen molar-refractivity contribution in [2.45, 2.75) is 57.9 Å². The molecule has 0 unspecified atom stereocenters. The van der Waals surface area contributed by atoms with Crippen molar-refractivity contribution >= 4 is 29.1 Å². The summed E-state index contributed by atoms with van der Waals surface area (Å²) in [6.45, 7) is 1.88. The number of nitrogens with one attached hydrogen (secondary N) is 2. The van der Waals surface area contributed by atoms with Crippen molar-refractivity contribution in [2.75, 3.05) is 0 Å². The molecule has 6 nitrogen and oxygen atoms in total. The Balaban J connectivity index is 1.54. The third kappa shape index (κ3) is 4.22. The van der Waals surface area contributed by atoms with E-state index in [1.54, 1.807) is 24.3 Å². The first-order valence-electron chi connectivity index (χ1n) is 10.1. The minimum absolute atomic E-state index is 0.161. The fourth-order valence-corrected chi connectivity index (χ4v) is 4.32. The number of aryl methyl sites for hydroxylation is 1. The van der Waals surface area contributed by atoms with Gasteiger partial charge in [-0.3, -0.25) is 9.59 Å². The maximum atomic E-state index is 12.7. The highest BCUT2D eigenvalue weighted by atomic mass is 35.5. The van der Waals surface area contributed by atoms with E-state index in [4.69, 9.17) is 16.0 Å². The topological polar surface area (TPSA) is 83.7 Å². The van der Waals surface area contributed by atoms with Gasteiger partial charge in [-0.2, -0.15) is 5.10 Å². The number of hydrogen-bond acceptors (Lipinski definition) is 4. The van der Waals surface area contributed by atoms with Gasteiger partial charge in [0.05, 0.1) is 5.71 Å². The molecule has 29 heavy (non-hydrogen) atoms. The smallest absolute Gasteiger partial charge is 0.287 e. The van der Waals surface area contributed by atoms with Gasteiger partial charge in [0.1, 0.15) is 5.76 Å². The monoisotopic (exact) mass is 413 g/mol. The highest BCUT2D eigenvalue weighted by molar-refractivity contribution is 6.31. The van der Waals surface area contributed by atoms with Gasteiger partial charge >= 0.3 is 0 Å². The second-order valence-corrected chi connectivity index (χ2v) is 8.11. The zero-order valence-corrected chi connectivity index (χ0v) is 17.1. The molecule has 0 aliphatic heterocycles. The van der Waals surface area contributed by atoms with E-state index in [0.717, 1.165) is 61.1 Å². The van der Waals surface area contributed by atoms with Crippen LogP contribution in [-0.4, -0.2) is 23.6 Å². The molecule has 1 aromatic carbocycles. The van der Waals surface area contributed by atoms with Crippen molar-refractivity contribution < 1.29 is 14.0 Å². The molecule has 1 saturated carbocycles. The number of nitrogens with zero attached hydrogens (tertiary/aromatic N) is 1. The molecule has 0 radical (unpaired) electrons. The minimum atomic E-state index is -0.326. The van der Waals surface area contributed by atoms with Gasteiger partial charge in [-0.25, -0.2) is 5.43 Å². The summed E-state index contributed by atoms with van der Waals surface area (Å²) in [6.07, 6.45) is 6.68. The molecule has 2 aromatic rings. The predicted molar refractivity (Wildman–Crippen MR) is 112 cm³/mol. The summed E-state index contributed by atoms with van der Waals surface area (Å²) in [4.78, 5) is 25.1. The lowest BCUT2D eigenvalue weighted by molar-refractivity contribution is 0.0906. The third-order valence-electron chi connectivity index (χ3n) is 5.60. The zero-order chi connectivity index (χ0) is 20.4. The van der Waals surface area contributed by atoms with Crippen molar-refractivity contribution in [3.8, 4) is 0 Å². The third-order valence-corrected chi connectivity index (χ3v) is 5.84. The first-order chi connectivity index (χ1) is 14.0. The Morgan fingerprint density at radius 1 is 1.14 bits per heavy atom. The van der Waals surface area contributed by atoms with Crippen molar-refractivity contribution in [1.82, 2.24) is 10.7 Å². The molecule has 152 valence electrons. The SMILES string of the molecule is Cc1c(C(=O)NC2CCCC2)oc2c1/C(=N/NC(=O)c1cccc(Cl)c1)CCC2. The molecule has 4 rings (SSSR count). The van der Waals surface area contributed by atoms with Crippen molar-refractivity contribution in [2.24, 2.45) is 5.10 Å². The minimum Gasteiger partial charge on any atom is -0.455 e. The molecule has 2 aliphatic rings. The number of carbonyl (C=O) groups excluding carboxylic acids is 2. The molecular formula is C22H24ClN3O3. The molecule has 2 amide bonds. The molecule has 1 heterocycles. The standard InChI is InChI=1S/C22H24ClN3O3/c1-13-19-17(25-26-21(27)14-6-4-7-15(23)12-14)10-5-11-18(19)29-20(13)22(28)24-16-8-2-3-9-16/h4,6-7,12,16H,2-3,5,8-11H2,1H3,(H,24,28)(H,26,27)/b25-17+. The van der Waals surface area contributed by atoms with Crippen LogP contribution in [-0.2, 0) is 6.42 Å². The number of fused-ring (bicyclic) bond motifs is 1. The first kappa shape index (κ1) is 19.7. The normalized spacial score (nSPS) is 17.9. The van der Waals surface area contributed by atoms with Crippen LogP contribution in [0.25, 0.3) is 0 Å². The Hall–Kier alpha value is -2.60. The van der Waals surface area contributed by atoms with Crippen LogP contribution in [0.15, 0.2) is 33.8 Å². The van der Waals surface area contributed by atoms with Crippen LogP contribution in [0.3, 0.4) is 0 Å². The van der Waals surface area contributed by atoms with Crippen molar-refractivity contribution in [3.63, 3.8) is 0 Å². The number of hydrogen-bond donors (Lipinski definition) is 2. The van der Waals surface area contributed by atoms with Crippen molar-refractivity contribution in [1.29, 1.82) is 0 Å². The van der Waals surface area contributed by atoms with Crippen LogP contribution in [0.4, 0.5) is 0 Å². The summed E-state index contributed by atoms with van der Waals surface area (Å²) < 4.78 is 5.92. The summed E-state index contributed by atoms with van der Waals surface area (Å²) in [7, 11) is 0. The van der Waals surface area contributed by atoms with Crippen LogP contribution in [0.5, 0.6) is 0 Å². The lowest BCUT2D eigenvalue weighted by atomic mass is 9.93. The van der Waals surface area contributed by atoms with E-state index in [-0.39, 0.29) is 17.9 Å². The molecular weight excluding hydrogens is 390 g/mol. The van der Waals surface area contributed by atoms with Gasteiger partial charge in [-0.1, -0.05) is 30.5 Å². The number of carbonyl (C=O) groups is 2. The molecule has 0 spiro atoms. The molecule has 0 bridgehead atoms. The second-order valence-electron chi connectivity index (χ2n) is 7.67. The number of benzene rings is 1. The molecule has 2 N–H and O–H groups in total. The van der Waals surface area contributed by atoms with E-state index in [0.29, 0.717) is 22.8 Å². The average molecular weight is 414 g/mol. The van der Waals surface area contributed by atoms with Gasteiger partial charge in [0.15, 0.2) is 5.76 Å². The van der Waals surface area contributed by atoms with Gasteiger partial charge in [0.2, 0.25) is 0 Å². The Labute approximate surface area is 174 Å². The van der Waals surface area contributed by atoms with E-state index in [1.165, 1.54) is 0 Å². The van der Waals surface area contributed by atoms with Crippen LogP contribution in [0.1, 0.15) is 76.3 Å². The van der Waals surface area contributed by atoms with Gasteiger partial charge in [-0.15, -0.1) is 0 Å². The number of amides is 2. The number of furan rings is 1. The van der Waals surface area contributed by atoms with Gasteiger partial charge in [0, 0.05) is 34.2 Å². The Morgan fingerprint density at radius 2 is 1.93 bits per heavy atom. The Bertz CT molecular complexity index is 974. The zero-order valence-electron chi connectivity index (χ0n) is 16.4. The largest absolute Gasteiger partial charge is 0.455 e. The summed E-state index contributed by atoms with van der Waals surface area (Å²) >= 11 is 5.95. The van der Waals surface area contributed by atoms with Gasteiger partial charge in [0.25, 0.3) is 11.8 Å². The molecule has 1 aromatic heterocycles. The predicted octanol–water partition coefficient (Wildman–Crippen LogP) is 4.38. The highest BCUT2D eigenvalue weighted by Crippen LogP contribution is 2.30. The lowest BCUT2D eigenvalue weighted by Crippen LogP contribution is -2.32. The summed E-state index contributed by atoms with van der Waals surface area (Å²) in [5.74, 6) is 0.636. The van der Waals surface area contributed by atoms with E-state index in [9.17, 15) is 9.59 Å². The quantitative estimate of drug-likeness (QED) is 0.729. The number of halogens is 1. The summed E-state index contributed by atoms with van der Waals surface area (Å²) in [5, 5.41) is 7.93. The Morgan fingerprint density at radius 3 is 2.69 bits per heavy atom. The summed E-state index contributed by atoms with van der Waals surface area (Å²) in [6, 6.07) is 6.94. The fourth-order valence-electron chi connectivity index (χ4n) is 4.13. The molecule has 7 heteroatoms. The number of rotatable bonds is 4. The maximum absolute atomic E-state index is 12.7. The van der Waals surface area contributed by atoms with E-state index >= 15 is 0 Å². The first-order valence-corrected chi connectivity index (χ1v) is 10.5. The Kier molecular flexibility index (Phi) is 5.72. The van der Waals surface area contributed by atoms with Gasteiger partial charge in [-0.05, 0) is 50.8 Å². The van der Waals surface area contributed by atoms with Crippen LogP contribution in [0.2, 0.25) is 5.02 Å². The molecule has 0 saturated heterocycles. The highest BCUT2D eigenvalue weighted by Gasteiger charge is 2.29. The summed E-state index contributed by atoms with van der Waals surface area (Å²) in [5.41, 5.74) is 5.42. The fraction of sp³-hybridized carbons (Fsp3) is 0.409. The van der Waals surface area contributed by atoms with Gasteiger partial charge < -0.3 is 9.73 Å². The molecule has 0 atom stereocenters. The molecule has 2 aliphatic carbocycles. The maximum Gasteiger partial charge on any atom is 0.287 e. The second kappa shape index (κ2) is 8.41. The molecule has 1 fully saturated rings. The van der Waals surface area contributed by atoms with Crippen LogP contribution < -0.4 is 10.7 Å². The average Bonchev–Trinajstić information content (AvgIpc) is 3.34. The number of hydrazone groups is 1. The van der Waals surface area contributed by atoms with Crippen LogP contribution >= 0.6 is 11.6 Å². The van der Waals surface area contributed by atoms with E-state index < -0.39 is 0 Å². The lowest BCUT2D eigenvalue weighted by Gasteiger charge is -2.13. The van der Waals surface area contributed by atoms with Crippen molar-refractivity contribution in [3.05, 3.63) is 57.5 Å². The van der Waals surface area contributed by atoms with E-state index in [2.05, 4.69) is 15.8 Å².